The van der Waals surface area contributed by atoms with Gasteiger partial charge in [0, 0.05) is 22.2 Å². The van der Waals surface area contributed by atoms with Crippen LogP contribution in [0.25, 0.3) is 0 Å². The van der Waals surface area contributed by atoms with Crippen LogP contribution in [0.5, 0.6) is 11.5 Å². The van der Waals surface area contributed by atoms with Gasteiger partial charge in [-0.3, -0.25) is 4.79 Å². The zero-order valence-electron chi connectivity index (χ0n) is 19.8. The molecular formula is C26H27N3O4S. The minimum absolute atomic E-state index is 0.249. The van der Waals surface area contributed by atoms with Crippen molar-refractivity contribution in [2.45, 2.75) is 26.8 Å². The van der Waals surface area contributed by atoms with Gasteiger partial charge in [-0.2, -0.15) is 0 Å². The van der Waals surface area contributed by atoms with Crippen LogP contribution in [0.4, 0.5) is 10.8 Å². The first-order chi connectivity index (χ1) is 16.4. The van der Waals surface area contributed by atoms with Gasteiger partial charge < -0.3 is 24.5 Å². The summed E-state index contributed by atoms with van der Waals surface area (Å²) in [6.45, 7) is 6.11. The molecule has 0 aliphatic rings. The molecule has 7 nitrogen and oxygen atoms in total. The van der Waals surface area contributed by atoms with Crippen LogP contribution < -0.4 is 20.1 Å². The Balaban J connectivity index is 1.86. The largest absolute Gasteiger partial charge is 0.497 e. The van der Waals surface area contributed by atoms with Gasteiger partial charge in [-0.1, -0.05) is 0 Å². The van der Waals surface area contributed by atoms with Gasteiger partial charge in [-0.25, -0.2) is 4.98 Å². The van der Waals surface area contributed by atoms with E-state index in [1.165, 1.54) is 17.6 Å². The molecule has 0 saturated carbocycles. The van der Waals surface area contributed by atoms with E-state index in [1.807, 2.05) is 44.2 Å². The molecule has 0 radical (unpaired) electrons. The molecule has 0 aliphatic carbocycles. The first kappa shape index (κ1) is 23.4. The van der Waals surface area contributed by atoms with E-state index in [4.69, 9.17) is 13.9 Å². The van der Waals surface area contributed by atoms with Gasteiger partial charge in [-0.15, -0.1) is 11.3 Å². The summed E-state index contributed by atoms with van der Waals surface area (Å²) < 4.78 is 16.5. The number of benzene rings is 1. The second-order valence-electron chi connectivity index (χ2n) is 7.86. The SMILES string of the molecule is COc1ccc(OC)c([C@@H](Nc2cc(C)ccn2)c2c(NC(=O)c3ccco3)sc(C)c2C)c1. The van der Waals surface area contributed by atoms with Gasteiger partial charge >= 0.3 is 0 Å². The van der Waals surface area contributed by atoms with E-state index in [9.17, 15) is 4.79 Å². The van der Waals surface area contributed by atoms with Crippen LogP contribution in [-0.2, 0) is 0 Å². The number of hydrogen-bond acceptors (Lipinski definition) is 7. The van der Waals surface area contributed by atoms with Crippen molar-refractivity contribution in [2.24, 2.45) is 0 Å². The van der Waals surface area contributed by atoms with E-state index >= 15 is 0 Å². The number of carbonyl (C=O) groups is 1. The van der Waals surface area contributed by atoms with Crippen LogP contribution in [0.1, 0.15) is 43.7 Å². The zero-order valence-corrected chi connectivity index (χ0v) is 20.6. The van der Waals surface area contributed by atoms with Crippen molar-refractivity contribution in [1.82, 2.24) is 4.98 Å². The smallest absolute Gasteiger partial charge is 0.291 e. The Morgan fingerprint density at radius 1 is 1.09 bits per heavy atom. The topological polar surface area (TPSA) is 85.6 Å². The van der Waals surface area contributed by atoms with E-state index < -0.39 is 0 Å². The van der Waals surface area contributed by atoms with Gasteiger partial charge in [0.05, 0.1) is 26.5 Å². The number of methoxy groups -OCH3 is 2. The van der Waals surface area contributed by atoms with E-state index in [1.54, 1.807) is 32.5 Å². The molecule has 1 amide bonds. The Morgan fingerprint density at radius 3 is 2.59 bits per heavy atom. The number of nitrogens with zero attached hydrogens (tertiary/aromatic N) is 1. The molecule has 0 spiro atoms. The molecule has 0 saturated heterocycles. The van der Waals surface area contributed by atoms with Crippen molar-refractivity contribution in [3.63, 3.8) is 0 Å². The highest BCUT2D eigenvalue weighted by atomic mass is 32.1. The molecule has 4 rings (SSSR count). The molecule has 1 aromatic carbocycles. The van der Waals surface area contributed by atoms with Crippen LogP contribution in [0.3, 0.4) is 0 Å². The normalized spacial score (nSPS) is 11.7. The molecular weight excluding hydrogens is 450 g/mol. The fourth-order valence-electron chi connectivity index (χ4n) is 3.79. The molecule has 34 heavy (non-hydrogen) atoms. The Hall–Kier alpha value is -3.78. The lowest BCUT2D eigenvalue weighted by atomic mass is 9.95. The molecule has 2 N–H and O–H groups in total. The summed E-state index contributed by atoms with van der Waals surface area (Å²) in [5.41, 5.74) is 3.94. The Labute approximate surface area is 202 Å². The van der Waals surface area contributed by atoms with Crippen LogP contribution >= 0.6 is 11.3 Å². The quantitative estimate of drug-likeness (QED) is 0.317. The Morgan fingerprint density at radius 2 is 1.91 bits per heavy atom. The van der Waals surface area contributed by atoms with Crippen molar-refractivity contribution in [1.29, 1.82) is 0 Å². The van der Waals surface area contributed by atoms with Crippen molar-refractivity contribution in [3.05, 3.63) is 87.8 Å². The molecule has 176 valence electrons. The lowest BCUT2D eigenvalue weighted by Gasteiger charge is -2.24. The fourth-order valence-corrected chi connectivity index (χ4v) is 4.88. The average Bonchev–Trinajstić information content (AvgIpc) is 3.46. The number of furan rings is 1. The summed E-state index contributed by atoms with van der Waals surface area (Å²) >= 11 is 1.52. The van der Waals surface area contributed by atoms with Crippen molar-refractivity contribution < 1.29 is 18.7 Å². The Kier molecular flexibility index (Phi) is 6.88. The first-order valence-electron chi connectivity index (χ1n) is 10.8. The number of amides is 1. The summed E-state index contributed by atoms with van der Waals surface area (Å²) in [5, 5.41) is 7.34. The van der Waals surface area contributed by atoms with Crippen LogP contribution in [-0.4, -0.2) is 25.1 Å². The number of hydrogen-bond donors (Lipinski definition) is 2. The highest BCUT2D eigenvalue weighted by Gasteiger charge is 2.28. The number of aromatic nitrogens is 1. The second-order valence-corrected chi connectivity index (χ2v) is 9.09. The number of thiophene rings is 1. The van der Waals surface area contributed by atoms with Crippen LogP contribution in [0.2, 0.25) is 0 Å². The van der Waals surface area contributed by atoms with Gasteiger partial charge in [0.25, 0.3) is 5.91 Å². The van der Waals surface area contributed by atoms with Gasteiger partial charge in [-0.05, 0) is 74.4 Å². The molecule has 0 fully saturated rings. The van der Waals surface area contributed by atoms with Gasteiger partial charge in [0.15, 0.2) is 5.76 Å². The number of pyridine rings is 1. The maximum atomic E-state index is 12.9. The summed E-state index contributed by atoms with van der Waals surface area (Å²) in [6, 6.07) is 12.6. The lowest BCUT2D eigenvalue weighted by Crippen LogP contribution is -2.18. The number of nitrogens with one attached hydrogen (secondary N) is 2. The molecule has 8 heteroatoms. The summed E-state index contributed by atoms with van der Waals surface area (Å²) in [7, 11) is 3.27. The minimum Gasteiger partial charge on any atom is -0.497 e. The third kappa shape index (κ3) is 4.77. The molecule has 4 aromatic rings. The average molecular weight is 478 g/mol. The number of aryl methyl sites for hydroxylation is 2. The molecule has 3 aromatic heterocycles. The summed E-state index contributed by atoms with van der Waals surface area (Å²) in [5.74, 6) is 2.04. The van der Waals surface area contributed by atoms with Gasteiger partial charge in [0.2, 0.25) is 0 Å². The van der Waals surface area contributed by atoms with Crippen molar-refractivity contribution in [2.75, 3.05) is 24.9 Å². The maximum Gasteiger partial charge on any atom is 0.291 e. The van der Waals surface area contributed by atoms with E-state index in [0.29, 0.717) is 17.3 Å². The lowest BCUT2D eigenvalue weighted by molar-refractivity contribution is 0.0997. The predicted octanol–water partition coefficient (Wildman–Crippen LogP) is 6.13. The standard InChI is InChI=1S/C26H27N3O4S/c1-15-10-11-27-22(13-15)28-24(19-14-18(31-4)8-9-20(19)32-5)23-16(2)17(3)34-26(23)29-25(30)21-7-6-12-33-21/h6-14,24H,1-5H3,(H,27,28)(H,29,30)/t24-/m1/s1. The zero-order chi connectivity index (χ0) is 24.2. The fraction of sp³-hybridized carbons (Fsp3) is 0.231. The van der Waals surface area contributed by atoms with Gasteiger partial charge in [0.1, 0.15) is 22.3 Å². The van der Waals surface area contributed by atoms with E-state index in [-0.39, 0.29) is 17.7 Å². The number of rotatable bonds is 8. The number of anilines is 2. The van der Waals surface area contributed by atoms with E-state index in [2.05, 4.69) is 22.5 Å². The van der Waals surface area contributed by atoms with Crippen LogP contribution in [0.15, 0.2) is 59.3 Å². The predicted molar refractivity (Wildman–Crippen MR) is 134 cm³/mol. The molecule has 0 unspecified atom stereocenters. The monoisotopic (exact) mass is 477 g/mol. The number of ether oxygens (including phenoxy) is 2. The molecule has 3 heterocycles. The second kappa shape index (κ2) is 10.0. The maximum absolute atomic E-state index is 12.9. The molecule has 1 atom stereocenters. The minimum atomic E-state index is -0.379. The first-order valence-corrected chi connectivity index (χ1v) is 11.6. The third-order valence-electron chi connectivity index (χ3n) is 5.65. The molecule has 0 bridgehead atoms. The van der Waals surface area contributed by atoms with E-state index in [0.717, 1.165) is 32.1 Å². The highest BCUT2D eigenvalue weighted by Crippen LogP contribution is 2.44. The van der Waals surface area contributed by atoms with Crippen molar-refractivity contribution >= 4 is 28.1 Å². The summed E-state index contributed by atoms with van der Waals surface area (Å²) in [6.07, 6.45) is 3.25. The number of carbonyl (C=O) groups excluding carboxylic acids is 1. The third-order valence-corrected chi connectivity index (χ3v) is 6.79. The van der Waals surface area contributed by atoms with Crippen molar-refractivity contribution in [3.8, 4) is 11.5 Å². The highest BCUT2D eigenvalue weighted by molar-refractivity contribution is 7.16. The Bertz CT molecular complexity index is 1300. The summed E-state index contributed by atoms with van der Waals surface area (Å²) in [4.78, 5) is 18.5. The molecule has 0 aliphatic heterocycles. The van der Waals surface area contributed by atoms with Crippen LogP contribution in [0, 0.1) is 20.8 Å².